The zero-order valence-electron chi connectivity index (χ0n) is 8.05. The summed E-state index contributed by atoms with van der Waals surface area (Å²) >= 11 is 0. The third-order valence-corrected chi connectivity index (χ3v) is 1.56. The Hall–Kier alpha value is -0.610. The highest BCUT2D eigenvalue weighted by Crippen LogP contribution is 2.02. The maximum atomic E-state index is 10.9. The second-order valence-electron chi connectivity index (χ2n) is 3.43. The Labute approximate surface area is 72.9 Å². The van der Waals surface area contributed by atoms with Crippen LogP contribution in [0.5, 0.6) is 0 Å². The lowest BCUT2D eigenvalue weighted by molar-refractivity contribution is -0.143. The molecule has 0 aromatic heterocycles. The van der Waals surface area contributed by atoms with Gasteiger partial charge < -0.3 is 9.84 Å². The Morgan fingerprint density at radius 1 is 1.67 bits per heavy atom. The van der Waals surface area contributed by atoms with Gasteiger partial charge in [0.2, 0.25) is 0 Å². The lowest BCUT2D eigenvalue weighted by Crippen LogP contribution is -2.50. The van der Waals surface area contributed by atoms with Crippen molar-refractivity contribution in [2.24, 2.45) is 0 Å². The predicted octanol–water partition coefficient (Wildman–Crippen LogP) is -0.0916. The fourth-order valence-electron chi connectivity index (χ4n) is 0.867. The summed E-state index contributed by atoms with van der Waals surface area (Å²) in [5.74, 6) is -0.323. The van der Waals surface area contributed by atoms with E-state index in [0.717, 1.165) is 0 Å². The first-order chi connectivity index (χ1) is 5.43. The number of aliphatic hydroxyl groups is 1. The van der Waals surface area contributed by atoms with Crippen LogP contribution in [0.15, 0.2) is 0 Å². The standard InChI is InChI=1S/C8H17NO3/c1-6(7(11)12-4)9-8(2,3)5-10/h6,9-10H,5H2,1-4H3. The molecule has 0 aliphatic heterocycles. The van der Waals surface area contributed by atoms with Crippen molar-refractivity contribution < 1.29 is 14.6 Å². The normalized spacial score (nSPS) is 14.1. The highest BCUT2D eigenvalue weighted by Gasteiger charge is 2.22. The Kier molecular flexibility index (Phi) is 4.20. The molecule has 4 heteroatoms. The highest BCUT2D eigenvalue weighted by molar-refractivity contribution is 5.75. The van der Waals surface area contributed by atoms with Crippen LogP contribution >= 0.6 is 0 Å². The number of hydrogen-bond acceptors (Lipinski definition) is 4. The van der Waals surface area contributed by atoms with E-state index in [1.54, 1.807) is 6.92 Å². The van der Waals surface area contributed by atoms with E-state index < -0.39 is 11.6 Å². The molecule has 0 spiro atoms. The van der Waals surface area contributed by atoms with Crippen LogP contribution in [0.2, 0.25) is 0 Å². The molecule has 0 aliphatic rings. The predicted molar refractivity (Wildman–Crippen MR) is 45.8 cm³/mol. The van der Waals surface area contributed by atoms with Crippen LogP contribution < -0.4 is 5.32 Å². The van der Waals surface area contributed by atoms with Crippen LogP contribution in [0.4, 0.5) is 0 Å². The molecule has 0 saturated heterocycles. The van der Waals surface area contributed by atoms with Crippen LogP contribution in [0.1, 0.15) is 20.8 Å². The number of carbonyl (C=O) groups excluding carboxylic acids is 1. The number of carbonyl (C=O) groups is 1. The van der Waals surface area contributed by atoms with Gasteiger partial charge in [-0.15, -0.1) is 0 Å². The Bertz CT molecular complexity index is 156. The summed E-state index contributed by atoms with van der Waals surface area (Å²) in [7, 11) is 1.34. The molecule has 4 nitrogen and oxygen atoms in total. The maximum absolute atomic E-state index is 10.9. The van der Waals surface area contributed by atoms with E-state index in [2.05, 4.69) is 10.1 Å². The van der Waals surface area contributed by atoms with Crippen molar-refractivity contribution in [1.29, 1.82) is 0 Å². The minimum atomic E-state index is -0.451. The van der Waals surface area contributed by atoms with Gasteiger partial charge in [-0.3, -0.25) is 10.1 Å². The van der Waals surface area contributed by atoms with Crippen molar-refractivity contribution in [3.63, 3.8) is 0 Å². The van der Waals surface area contributed by atoms with E-state index in [4.69, 9.17) is 5.11 Å². The molecule has 2 N–H and O–H groups in total. The van der Waals surface area contributed by atoms with Gasteiger partial charge in [0.25, 0.3) is 0 Å². The lowest BCUT2D eigenvalue weighted by Gasteiger charge is -2.26. The summed E-state index contributed by atoms with van der Waals surface area (Å²) in [5, 5.41) is 11.8. The van der Waals surface area contributed by atoms with Crippen molar-refractivity contribution in [1.82, 2.24) is 5.32 Å². The van der Waals surface area contributed by atoms with Gasteiger partial charge >= 0.3 is 5.97 Å². The zero-order valence-corrected chi connectivity index (χ0v) is 8.05. The molecule has 0 aromatic carbocycles. The number of methoxy groups -OCH3 is 1. The molecule has 72 valence electrons. The Balaban J connectivity index is 3.99. The number of ether oxygens (including phenoxy) is 1. The van der Waals surface area contributed by atoms with Gasteiger partial charge in [0.1, 0.15) is 6.04 Å². The third kappa shape index (κ3) is 3.69. The van der Waals surface area contributed by atoms with E-state index in [0.29, 0.717) is 0 Å². The first-order valence-electron chi connectivity index (χ1n) is 3.89. The molecular formula is C8H17NO3. The summed E-state index contributed by atoms with van der Waals surface area (Å²) in [6.45, 7) is 5.30. The van der Waals surface area contributed by atoms with Crippen molar-refractivity contribution in [2.75, 3.05) is 13.7 Å². The first-order valence-corrected chi connectivity index (χ1v) is 3.89. The van der Waals surface area contributed by atoms with Gasteiger partial charge in [0.05, 0.1) is 13.7 Å². The topological polar surface area (TPSA) is 58.6 Å². The number of esters is 1. The zero-order chi connectivity index (χ0) is 9.78. The molecule has 0 rings (SSSR count). The Morgan fingerprint density at radius 2 is 2.17 bits per heavy atom. The van der Waals surface area contributed by atoms with Gasteiger partial charge in [0, 0.05) is 5.54 Å². The Morgan fingerprint density at radius 3 is 2.50 bits per heavy atom. The molecule has 0 saturated carbocycles. The monoisotopic (exact) mass is 175 g/mol. The minimum absolute atomic E-state index is 0.0195. The fourth-order valence-corrected chi connectivity index (χ4v) is 0.867. The van der Waals surface area contributed by atoms with Gasteiger partial charge in [-0.05, 0) is 20.8 Å². The molecule has 12 heavy (non-hydrogen) atoms. The summed E-state index contributed by atoms with van der Waals surface area (Å²) in [6.07, 6.45) is 0. The van der Waals surface area contributed by atoms with E-state index >= 15 is 0 Å². The number of nitrogens with one attached hydrogen (secondary N) is 1. The van der Waals surface area contributed by atoms with Crippen molar-refractivity contribution in [3.8, 4) is 0 Å². The van der Waals surface area contributed by atoms with Crippen LogP contribution in [-0.4, -0.2) is 36.4 Å². The van der Waals surface area contributed by atoms with Crippen LogP contribution in [-0.2, 0) is 9.53 Å². The van der Waals surface area contributed by atoms with E-state index in [1.165, 1.54) is 7.11 Å². The van der Waals surface area contributed by atoms with Crippen molar-refractivity contribution in [3.05, 3.63) is 0 Å². The molecule has 0 aliphatic carbocycles. The minimum Gasteiger partial charge on any atom is -0.468 e. The first kappa shape index (κ1) is 11.4. The maximum Gasteiger partial charge on any atom is 0.322 e. The molecule has 0 heterocycles. The molecular weight excluding hydrogens is 158 g/mol. The highest BCUT2D eigenvalue weighted by atomic mass is 16.5. The third-order valence-electron chi connectivity index (χ3n) is 1.56. The van der Waals surface area contributed by atoms with Gasteiger partial charge in [-0.2, -0.15) is 0 Å². The van der Waals surface area contributed by atoms with Crippen molar-refractivity contribution >= 4 is 5.97 Å². The molecule has 0 fully saturated rings. The number of hydrogen-bond donors (Lipinski definition) is 2. The van der Waals surface area contributed by atoms with E-state index in [1.807, 2.05) is 13.8 Å². The van der Waals surface area contributed by atoms with Gasteiger partial charge in [-0.25, -0.2) is 0 Å². The lowest BCUT2D eigenvalue weighted by atomic mass is 10.1. The molecule has 0 amide bonds. The largest absolute Gasteiger partial charge is 0.468 e. The summed E-state index contributed by atoms with van der Waals surface area (Å²) in [4.78, 5) is 10.9. The molecule has 0 radical (unpaired) electrons. The number of rotatable bonds is 4. The van der Waals surface area contributed by atoms with Crippen LogP contribution in [0.25, 0.3) is 0 Å². The molecule has 0 aromatic rings. The van der Waals surface area contributed by atoms with Crippen LogP contribution in [0.3, 0.4) is 0 Å². The summed E-state index contributed by atoms with van der Waals surface area (Å²) in [5.41, 5.74) is -0.451. The molecule has 1 atom stereocenters. The fraction of sp³-hybridized carbons (Fsp3) is 0.875. The number of aliphatic hydroxyl groups excluding tert-OH is 1. The molecule has 1 unspecified atom stereocenters. The van der Waals surface area contributed by atoms with Gasteiger partial charge in [0.15, 0.2) is 0 Å². The van der Waals surface area contributed by atoms with E-state index in [-0.39, 0.29) is 12.6 Å². The summed E-state index contributed by atoms with van der Waals surface area (Å²) < 4.78 is 4.52. The quantitative estimate of drug-likeness (QED) is 0.586. The average molecular weight is 175 g/mol. The smallest absolute Gasteiger partial charge is 0.322 e. The average Bonchev–Trinajstić information content (AvgIpc) is 2.02. The summed E-state index contributed by atoms with van der Waals surface area (Å²) in [6, 6.07) is -0.392. The second kappa shape index (κ2) is 4.42. The van der Waals surface area contributed by atoms with E-state index in [9.17, 15) is 4.79 Å². The van der Waals surface area contributed by atoms with Crippen molar-refractivity contribution in [2.45, 2.75) is 32.4 Å². The second-order valence-corrected chi connectivity index (χ2v) is 3.43. The SMILES string of the molecule is COC(=O)C(C)NC(C)(C)CO. The van der Waals surface area contributed by atoms with Crippen LogP contribution in [0, 0.1) is 0 Å². The van der Waals surface area contributed by atoms with Gasteiger partial charge in [-0.1, -0.05) is 0 Å². The molecule has 0 bridgehead atoms.